The predicted molar refractivity (Wildman–Crippen MR) is 76.3 cm³/mol. The normalized spacial score (nSPS) is 13.2. The molecule has 1 nitrogen and oxygen atoms in total. The summed E-state index contributed by atoms with van der Waals surface area (Å²) in [5.74, 6) is 0. The molecule has 5 heteroatoms. The van der Waals surface area contributed by atoms with E-state index in [9.17, 15) is 18.3 Å². The van der Waals surface area contributed by atoms with Crippen LogP contribution in [0.2, 0.25) is 5.02 Å². The molecule has 1 atom stereocenters. The zero-order valence-electron chi connectivity index (χ0n) is 11.3. The zero-order chi connectivity index (χ0) is 15.6. The highest BCUT2D eigenvalue weighted by atomic mass is 35.5. The summed E-state index contributed by atoms with van der Waals surface area (Å²) in [5, 5.41) is 10.7. The standard InChI is InChI=1S/C16H14ClF3O/c1-10-7-12(5-6-14(10)17)15(21)9-11-3-2-4-13(8-11)16(18,19)20/h2-8,15,21H,9H2,1H3. The van der Waals surface area contributed by atoms with Crippen LogP contribution in [0, 0.1) is 6.92 Å². The van der Waals surface area contributed by atoms with Crippen LogP contribution in [0.25, 0.3) is 0 Å². The number of aliphatic hydroxyl groups excluding tert-OH is 1. The molecule has 21 heavy (non-hydrogen) atoms. The van der Waals surface area contributed by atoms with Crippen LogP contribution in [0.4, 0.5) is 13.2 Å². The average Bonchev–Trinajstić information content (AvgIpc) is 2.41. The number of alkyl halides is 3. The summed E-state index contributed by atoms with van der Waals surface area (Å²) in [7, 11) is 0. The molecule has 0 radical (unpaired) electrons. The second kappa shape index (κ2) is 6.08. The maximum Gasteiger partial charge on any atom is 0.416 e. The van der Waals surface area contributed by atoms with Crippen molar-refractivity contribution in [3.05, 3.63) is 69.7 Å². The molecule has 0 bridgehead atoms. The van der Waals surface area contributed by atoms with Crippen molar-refractivity contribution < 1.29 is 18.3 Å². The molecule has 0 aromatic heterocycles. The van der Waals surface area contributed by atoms with E-state index < -0.39 is 17.8 Å². The Morgan fingerprint density at radius 1 is 1.14 bits per heavy atom. The summed E-state index contributed by atoms with van der Waals surface area (Å²) in [6.45, 7) is 1.81. The fourth-order valence-electron chi connectivity index (χ4n) is 2.09. The van der Waals surface area contributed by atoms with Gasteiger partial charge in [0.05, 0.1) is 11.7 Å². The Bertz CT molecular complexity index is 638. The van der Waals surface area contributed by atoms with Gasteiger partial charge < -0.3 is 5.11 Å². The monoisotopic (exact) mass is 314 g/mol. The van der Waals surface area contributed by atoms with E-state index in [1.807, 2.05) is 6.92 Å². The van der Waals surface area contributed by atoms with Crippen molar-refractivity contribution in [2.75, 3.05) is 0 Å². The van der Waals surface area contributed by atoms with Crippen molar-refractivity contribution in [3.8, 4) is 0 Å². The van der Waals surface area contributed by atoms with Gasteiger partial charge >= 0.3 is 6.18 Å². The average molecular weight is 315 g/mol. The van der Waals surface area contributed by atoms with E-state index in [0.717, 1.165) is 17.7 Å². The van der Waals surface area contributed by atoms with Crippen LogP contribution in [0.15, 0.2) is 42.5 Å². The highest BCUT2D eigenvalue weighted by molar-refractivity contribution is 6.31. The number of rotatable bonds is 3. The molecular weight excluding hydrogens is 301 g/mol. The minimum absolute atomic E-state index is 0.116. The van der Waals surface area contributed by atoms with Gasteiger partial charge in [-0.25, -0.2) is 0 Å². The third kappa shape index (κ3) is 3.99. The van der Waals surface area contributed by atoms with E-state index in [0.29, 0.717) is 16.1 Å². The molecule has 0 spiro atoms. The van der Waals surface area contributed by atoms with Gasteiger partial charge in [0, 0.05) is 11.4 Å². The molecule has 0 fully saturated rings. The van der Waals surface area contributed by atoms with Crippen molar-refractivity contribution in [2.24, 2.45) is 0 Å². The number of halogens is 4. The van der Waals surface area contributed by atoms with Crippen LogP contribution in [0.3, 0.4) is 0 Å². The van der Waals surface area contributed by atoms with Gasteiger partial charge in [0.2, 0.25) is 0 Å². The fraction of sp³-hybridized carbons (Fsp3) is 0.250. The van der Waals surface area contributed by atoms with Gasteiger partial charge in [0.1, 0.15) is 0 Å². The van der Waals surface area contributed by atoms with E-state index in [4.69, 9.17) is 11.6 Å². The smallest absolute Gasteiger partial charge is 0.388 e. The molecule has 0 heterocycles. The van der Waals surface area contributed by atoms with E-state index in [-0.39, 0.29) is 6.42 Å². The minimum Gasteiger partial charge on any atom is -0.388 e. The Labute approximate surface area is 126 Å². The predicted octanol–water partition coefficient (Wildman–Crippen LogP) is 4.94. The molecule has 2 rings (SSSR count). The summed E-state index contributed by atoms with van der Waals surface area (Å²) in [6, 6.07) is 10.1. The largest absolute Gasteiger partial charge is 0.416 e. The molecule has 0 aliphatic carbocycles. The van der Waals surface area contributed by atoms with Crippen molar-refractivity contribution >= 4 is 11.6 Å². The zero-order valence-corrected chi connectivity index (χ0v) is 12.0. The second-order valence-corrected chi connectivity index (χ2v) is 5.33. The third-order valence-corrected chi connectivity index (χ3v) is 3.67. The first kappa shape index (κ1) is 15.9. The maximum absolute atomic E-state index is 12.6. The van der Waals surface area contributed by atoms with Crippen molar-refractivity contribution in [3.63, 3.8) is 0 Å². The number of benzene rings is 2. The molecule has 0 amide bonds. The molecule has 2 aromatic carbocycles. The van der Waals surface area contributed by atoms with Crippen LogP contribution in [0.1, 0.15) is 28.4 Å². The summed E-state index contributed by atoms with van der Waals surface area (Å²) >= 11 is 5.91. The van der Waals surface area contributed by atoms with Gasteiger partial charge in [0.25, 0.3) is 0 Å². The van der Waals surface area contributed by atoms with Crippen LogP contribution in [0.5, 0.6) is 0 Å². The number of hydrogen-bond donors (Lipinski definition) is 1. The van der Waals surface area contributed by atoms with Gasteiger partial charge in [-0.2, -0.15) is 13.2 Å². The lowest BCUT2D eigenvalue weighted by atomic mass is 9.99. The minimum atomic E-state index is -4.38. The van der Waals surface area contributed by atoms with Crippen LogP contribution in [-0.4, -0.2) is 5.11 Å². The van der Waals surface area contributed by atoms with Gasteiger partial charge in [0.15, 0.2) is 0 Å². The number of hydrogen-bond acceptors (Lipinski definition) is 1. The number of aryl methyl sites for hydroxylation is 1. The summed E-state index contributed by atoms with van der Waals surface area (Å²) < 4.78 is 37.9. The molecule has 0 saturated carbocycles. The molecule has 0 aliphatic heterocycles. The quantitative estimate of drug-likeness (QED) is 0.850. The van der Waals surface area contributed by atoms with Crippen molar-refractivity contribution in [1.29, 1.82) is 0 Å². The Morgan fingerprint density at radius 2 is 1.86 bits per heavy atom. The van der Waals surface area contributed by atoms with Crippen LogP contribution >= 0.6 is 11.6 Å². The lowest BCUT2D eigenvalue weighted by molar-refractivity contribution is -0.137. The van der Waals surface area contributed by atoms with Crippen molar-refractivity contribution in [1.82, 2.24) is 0 Å². The van der Waals surface area contributed by atoms with Crippen molar-refractivity contribution in [2.45, 2.75) is 25.6 Å². The molecule has 0 saturated heterocycles. The fourth-order valence-corrected chi connectivity index (χ4v) is 2.21. The molecule has 0 aliphatic rings. The van der Waals surface area contributed by atoms with Crippen LogP contribution < -0.4 is 0 Å². The SMILES string of the molecule is Cc1cc(C(O)Cc2cccc(C(F)(F)F)c2)ccc1Cl. The van der Waals surface area contributed by atoms with E-state index in [2.05, 4.69) is 0 Å². The second-order valence-electron chi connectivity index (χ2n) is 4.93. The van der Waals surface area contributed by atoms with Gasteiger partial charge in [-0.3, -0.25) is 0 Å². The Balaban J connectivity index is 2.19. The van der Waals surface area contributed by atoms with E-state index in [1.165, 1.54) is 6.07 Å². The summed E-state index contributed by atoms with van der Waals surface area (Å²) in [6.07, 6.45) is -5.13. The van der Waals surface area contributed by atoms with Gasteiger partial charge in [-0.05, 0) is 35.7 Å². The lowest BCUT2D eigenvalue weighted by Crippen LogP contribution is -2.07. The topological polar surface area (TPSA) is 20.2 Å². The highest BCUT2D eigenvalue weighted by Gasteiger charge is 2.30. The number of aliphatic hydroxyl groups is 1. The first-order chi connectivity index (χ1) is 9.77. The first-order valence-electron chi connectivity index (χ1n) is 6.37. The Kier molecular flexibility index (Phi) is 4.59. The molecular formula is C16H14ClF3O. The lowest BCUT2D eigenvalue weighted by Gasteiger charge is -2.14. The molecule has 2 aromatic rings. The van der Waals surface area contributed by atoms with E-state index >= 15 is 0 Å². The maximum atomic E-state index is 12.6. The molecule has 112 valence electrons. The van der Waals surface area contributed by atoms with Gasteiger partial charge in [-0.15, -0.1) is 0 Å². The highest BCUT2D eigenvalue weighted by Crippen LogP contribution is 2.30. The Hall–Kier alpha value is -1.52. The third-order valence-electron chi connectivity index (χ3n) is 3.25. The molecule has 1 unspecified atom stereocenters. The summed E-state index contributed by atoms with van der Waals surface area (Å²) in [4.78, 5) is 0. The summed E-state index contributed by atoms with van der Waals surface area (Å²) in [5.41, 5.74) is 1.18. The van der Waals surface area contributed by atoms with Gasteiger partial charge in [-0.1, -0.05) is 41.9 Å². The van der Waals surface area contributed by atoms with Crippen LogP contribution in [-0.2, 0) is 12.6 Å². The first-order valence-corrected chi connectivity index (χ1v) is 6.75. The molecule has 1 N–H and O–H groups in total. The van der Waals surface area contributed by atoms with E-state index in [1.54, 1.807) is 24.3 Å². The Morgan fingerprint density at radius 3 is 2.48 bits per heavy atom.